The van der Waals surface area contributed by atoms with E-state index in [-0.39, 0.29) is 6.04 Å². The van der Waals surface area contributed by atoms with E-state index in [4.69, 9.17) is 11.6 Å². The Balaban J connectivity index is 2.02. The van der Waals surface area contributed by atoms with Crippen molar-refractivity contribution in [2.75, 3.05) is 37.8 Å². The third-order valence-corrected chi connectivity index (χ3v) is 6.80. The first kappa shape index (κ1) is 27.3. The van der Waals surface area contributed by atoms with Crippen LogP contribution in [-0.4, -0.2) is 32.1 Å². The summed E-state index contributed by atoms with van der Waals surface area (Å²) in [5, 5.41) is 12.1. The van der Waals surface area contributed by atoms with Gasteiger partial charge in [-0.3, -0.25) is 0 Å². The monoisotopic (exact) mass is 494 g/mol. The van der Waals surface area contributed by atoms with Crippen molar-refractivity contribution in [3.05, 3.63) is 81.5 Å². The van der Waals surface area contributed by atoms with E-state index in [1.165, 1.54) is 16.8 Å². The van der Waals surface area contributed by atoms with Crippen LogP contribution in [0, 0.1) is 12.8 Å². The summed E-state index contributed by atoms with van der Waals surface area (Å²) in [4.78, 5) is 2.22. The van der Waals surface area contributed by atoms with Gasteiger partial charge in [0.2, 0.25) is 0 Å². The van der Waals surface area contributed by atoms with Crippen LogP contribution < -0.4 is 16.0 Å². The molecule has 1 aliphatic heterocycles. The summed E-state index contributed by atoms with van der Waals surface area (Å²) in [5.41, 5.74) is 9.34. The van der Waals surface area contributed by atoms with Gasteiger partial charge in [0.25, 0.3) is 0 Å². The van der Waals surface area contributed by atoms with Crippen molar-refractivity contribution in [2.24, 2.45) is 5.92 Å². The summed E-state index contributed by atoms with van der Waals surface area (Å²) < 4.78 is 0. The summed E-state index contributed by atoms with van der Waals surface area (Å²) in [5.74, 6) is 0.523. The molecule has 0 radical (unpaired) electrons. The predicted octanol–water partition coefficient (Wildman–Crippen LogP) is 7.53. The first-order chi connectivity index (χ1) is 16.7. The Morgan fingerprint density at radius 1 is 1.20 bits per heavy atom. The lowest BCUT2D eigenvalue weighted by Gasteiger charge is -2.27. The van der Waals surface area contributed by atoms with Crippen molar-refractivity contribution in [3.8, 4) is 0 Å². The minimum Gasteiger partial charge on any atom is -0.372 e. The Kier molecular flexibility index (Phi) is 9.85. The minimum absolute atomic E-state index is 0.0760. The SMILES string of the molecule is C=C(CC(C)C)C1=C(CC)Nc2cccc(CNCCCN(C)C)c2NC1c1ccc(C)cc1Cl. The number of para-hydroxylation sites is 1. The van der Waals surface area contributed by atoms with Crippen LogP contribution in [0.3, 0.4) is 0 Å². The number of fused-ring (bicyclic) bond motifs is 1. The molecular weight excluding hydrogens is 452 g/mol. The number of hydrogen-bond acceptors (Lipinski definition) is 4. The number of benzene rings is 2. The van der Waals surface area contributed by atoms with Gasteiger partial charge in [-0.2, -0.15) is 0 Å². The van der Waals surface area contributed by atoms with Gasteiger partial charge in [0.05, 0.1) is 17.4 Å². The molecule has 3 N–H and O–H groups in total. The molecule has 0 aromatic heterocycles. The standard InChI is InChI=1S/C30H43ClN4/c1-8-26-28(22(5)17-20(2)3)30(24-14-13-21(4)18-25(24)31)34-29-23(11-9-12-27(29)33-26)19-32-15-10-16-35(6)7/h9,11-14,18,20,30,32-34H,5,8,10,15-17,19H2,1-4,6-7H3. The van der Waals surface area contributed by atoms with E-state index < -0.39 is 0 Å². The lowest BCUT2D eigenvalue weighted by atomic mass is 9.87. The second-order valence-corrected chi connectivity index (χ2v) is 10.8. The number of aryl methyl sites for hydroxylation is 1. The second kappa shape index (κ2) is 12.6. The summed E-state index contributed by atoms with van der Waals surface area (Å²) in [6.07, 6.45) is 2.95. The van der Waals surface area contributed by atoms with Crippen LogP contribution >= 0.6 is 11.6 Å². The molecule has 2 aromatic carbocycles. The van der Waals surface area contributed by atoms with Crippen molar-refractivity contribution in [1.29, 1.82) is 0 Å². The van der Waals surface area contributed by atoms with Crippen molar-refractivity contribution in [1.82, 2.24) is 10.2 Å². The molecule has 1 atom stereocenters. The largest absolute Gasteiger partial charge is 0.372 e. The molecule has 0 fully saturated rings. The Hall–Kier alpha value is -2.27. The quantitative estimate of drug-likeness (QED) is 0.282. The number of rotatable bonds is 11. The molecule has 0 saturated carbocycles. The average Bonchev–Trinajstić information content (AvgIpc) is 2.95. The molecule has 0 spiro atoms. The highest BCUT2D eigenvalue weighted by Crippen LogP contribution is 2.44. The van der Waals surface area contributed by atoms with Gasteiger partial charge >= 0.3 is 0 Å². The smallest absolute Gasteiger partial charge is 0.0802 e. The zero-order valence-corrected chi connectivity index (χ0v) is 23.1. The fraction of sp³-hybridized carbons (Fsp3) is 0.467. The Labute approximate surface area is 217 Å². The molecule has 5 heteroatoms. The average molecular weight is 495 g/mol. The zero-order chi connectivity index (χ0) is 25.5. The highest BCUT2D eigenvalue weighted by atomic mass is 35.5. The lowest BCUT2D eigenvalue weighted by molar-refractivity contribution is 0.394. The van der Waals surface area contributed by atoms with Gasteiger partial charge < -0.3 is 20.9 Å². The molecule has 1 unspecified atom stereocenters. The maximum atomic E-state index is 6.86. The molecule has 4 nitrogen and oxygen atoms in total. The molecule has 3 rings (SSSR count). The molecule has 2 aromatic rings. The van der Waals surface area contributed by atoms with Crippen molar-refractivity contribution in [3.63, 3.8) is 0 Å². The summed E-state index contributed by atoms with van der Waals surface area (Å²) >= 11 is 6.86. The van der Waals surface area contributed by atoms with Crippen LogP contribution in [0.15, 0.2) is 59.8 Å². The molecule has 35 heavy (non-hydrogen) atoms. The molecular formula is C30H43ClN4. The van der Waals surface area contributed by atoms with E-state index in [1.54, 1.807) is 0 Å². The molecule has 1 heterocycles. The highest BCUT2D eigenvalue weighted by Gasteiger charge is 2.29. The van der Waals surface area contributed by atoms with Gasteiger partial charge in [-0.05, 0) is 93.7 Å². The lowest BCUT2D eigenvalue weighted by Crippen LogP contribution is -2.22. The van der Waals surface area contributed by atoms with Gasteiger partial charge in [0, 0.05) is 22.8 Å². The van der Waals surface area contributed by atoms with E-state index in [2.05, 4.69) is 106 Å². The van der Waals surface area contributed by atoms with E-state index in [1.807, 2.05) is 0 Å². The molecule has 0 bridgehead atoms. The predicted molar refractivity (Wildman–Crippen MR) is 153 cm³/mol. The number of allylic oxidation sites excluding steroid dienone is 1. The maximum Gasteiger partial charge on any atom is 0.0802 e. The normalized spacial score (nSPS) is 15.6. The topological polar surface area (TPSA) is 39.3 Å². The van der Waals surface area contributed by atoms with Crippen LogP contribution in [0.2, 0.25) is 5.02 Å². The molecule has 190 valence electrons. The number of nitrogens with zero attached hydrogens (tertiary/aromatic N) is 1. The second-order valence-electron chi connectivity index (χ2n) is 10.3. The molecule has 0 aliphatic carbocycles. The van der Waals surface area contributed by atoms with Crippen molar-refractivity contribution in [2.45, 2.75) is 59.5 Å². The van der Waals surface area contributed by atoms with Gasteiger partial charge in [-0.25, -0.2) is 0 Å². The van der Waals surface area contributed by atoms with Gasteiger partial charge in [0.15, 0.2) is 0 Å². The fourth-order valence-electron chi connectivity index (χ4n) is 4.78. The van der Waals surface area contributed by atoms with Crippen LogP contribution in [-0.2, 0) is 6.54 Å². The van der Waals surface area contributed by atoms with Crippen LogP contribution in [0.1, 0.15) is 62.8 Å². The Morgan fingerprint density at radius 3 is 2.63 bits per heavy atom. The maximum absolute atomic E-state index is 6.86. The van der Waals surface area contributed by atoms with Crippen molar-refractivity contribution >= 4 is 23.0 Å². The molecule has 1 aliphatic rings. The number of halogens is 1. The van der Waals surface area contributed by atoms with E-state index in [0.29, 0.717) is 5.92 Å². The van der Waals surface area contributed by atoms with Gasteiger partial charge in [-0.15, -0.1) is 0 Å². The Morgan fingerprint density at radius 2 is 1.97 bits per heavy atom. The Bertz CT molecular complexity index is 1050. The van der Waals surface area contributed by atoms with E-state index in [0.717, 1.165) is 72.0 Å². The van der Waals surface area contributed by atoms with Crippen LogP contribution in [0.25, 0.3) is 0 Å². The van der Waals surface area contributed by atoms with Crippen molar-refractivity contribution < 1.29 is 0 Å². The summed E-state index contributed by atoms with van der Waals surface area (Å²) in [6.45, 7) is 16.2. The third-order valence-electron chi connectivity index (χ3n) is 6.47. The highest BCUT2D eigenvalue weighted by molar-refractivity contribution is 6.31. The zero-order valence-electron chi connectivity index (χ0n) is 22.4. The minimum atomic E-state index is -0.0760. The first-order valence-electron chi connectivity index (χ1n) is 12.9. The van der Waals surface area contributed by atoms with E-state index >= 15 is 0 Å². The van der Waals surface area contributed by atoms with E-state index in [9.17, 15) is 0 Å². The summed E-state index contributed by atoms with van der Waals surface area (Å²) in [6, 6.07) is 12.8. The van der Waals surface area contributed by atoms with Gasteiger partial charge in [-0.1, -0.05) is 63.2 Å². The molecule has 0 amide bonds. The van der Waals surface area contributed by atoms with Crippen LogP contribution in [0.5, 0.6) is 0 Å². The summed E-state index contributed by atoms with van der Waals surface area (Å²) in [7, 11) is 4.23. The third kappa shape index (κ3) is 7.13. The van der Waals surface area contributed by atoms with Gasteiger partial charge in [0.1, 0.15) is 0 Å². The molecule has 0 saturated heterocycles. The van der Waals surface area contributed by atoms with Crippen LogP contribution in [0.4, 0.5) is 11.4 Å². The number of hydrogen-bond donors (Lipinski definition) is 3. The number of anilines is 2. The first-order valence-corrected chi connectivity index (χ1v) is 13.3. The number of nitrogens with one attached hydrogen (secondary N) is 3. The fourth-order valence-corrected chi connectivity index (χ4v) is 5.13.